The van der Waals surface area contributed by atoms with Crippen LogP contribution in [0.15, 0.2) is 30.5 Å². The molecule has 0 atom stereocenters. The SMILES string of the molecule is Cn1ncc2c(N)nc(-c3ccc(C(C)(C)C)cc3)nc21. The van der Waals surface area contributed by atoms with Crippen molar-refractivity contribution in [3.8, 4) is 11.4 Å². The minimum absolute atomic E-state index is 0.129. The number of rotatable bonds is 1. The van der Waals surface area contributed by atoms with E-state index in [2.05, 4.69) is 48.0 Å². The Morgan fingerprint density at radius 1 is 1.05 bits per heavy atom. The Morgan fingerprint density at radius 2 is 1.71 bits per heavy atom. The molecule has 0 amide bonds. The fourth-order valence-corrected chi connectivity index (χ4v) is 2.29. The maximum atomic E-state index is 6.00. The van der Waals surface area contributed by atoms with E-state index >= 15 is 0 Å². The molecule has 2 heterocycles. The molecule has 2 N–H and O–H groups in total. The number of aryl methyl sites for hydroxylation is 1. The fourth-order valence-electron chi connectivity index (χ4n) is 2.29. The molecule has 0 aliphatic heterocycles. The molecule has 2 aromatic heterocycles. The predicted molar refractivity (Wildman–Crippen MR) is 84.9 cm³/mol. The van der Waals surface area contributed by atoms with Gasteiger partial charge < -0.3 is 5.73 Å². The van der Waals surface area contributed by atoms with Crippen LogP contribution in [0, 0.1) is 0 Å². The lowest BCUT2D eigenvalue weighted by Crippen LogP contribution is -2.10. The van der Waals surface area contributed by atoms with Crippen molar-refractivity contribution < 1.29 is 0 Å². The molecule has 5 heteroatoms. The van der Waals surface area contributed by atoms with Gasteiger partial charge in [0.1, 0.15) is 5.82 Å². The monoisotopic (exact) mass is 281 g/mol. The van der Waals surface area contributed by atoms with Crippen LogP contribution in [-0.4, -0.2) is 19.7 Å². The first-order valence-corrected chi connectivity index (χ1v) is 6.92. The number of aromatic nitrogens is 4. The van der Waals surface area contributed by atoms with Gasteiger partial charge in [-0.25, -0.2) is 9.97 Å². The van der Waals surface area contributed by atoms with E-state index in [0.29, 0.717) is 11.6 Å². The van der Waals surface area contributed by atoms with Crippen molar-refractivity contribution in [3.05, 3.63) is 36.0 Å². The van der Waals surface area contributed by atoms with Crippen LogP contribution in [0.2, 0.25) is 0 Å². The van der Waals surface area contributed by atoms with Gasteiger partial charge in [-0.1, -0.05) is 45.0 Å². The third kappa shape index (κ3) is 2.35. The molecule has 21 heavy (non-hydrogen) atoms. The van der Waals surface area contributed by atoms with Crippen molar-refractivity contribution in [2.45, 2.75) is 26.2 Å². The van der Waals surface area contributed by atoms with E-state index in [4.69, 9.17) is 5.73 Å². The van der Waals surface area contributed by atoms with Crippen LogP contribution in [0.25, 0.3) is 22.4 Å². The average Bonchev–Trinajstić information content (AvgIpc) is 2.80. The molecule has 0 unspecified atom stereocenters. The molecule has 0 aliphatic rings. The summed E-state index contributed by atoms with van der Waals surface area (Å²) in [5.74, 6) is 1.09. The van der Waals surface area contributed by atoms with E-state index in [9.17, 15) is 0 Å². The number of benzene rings is 1. The lowest BCUT2D eigenvalue weighted by atomic mass is 9.87. The smallest absolute Gasteiger partial charge is 0.163 e. The van der Waals surface area contributed by atoms with Crippen molar-refractivity contribution in [2.24, 2.45) is 7.05 Å². The molecule has 0 bridgehead atoms. The number of nitrogen functional groups attached to an aromatic ring is 1. The minimum atomic E-state index is 0.129. The fraction of sp³-hybridized carbons (Fsp3) is 0.312. The first kappa shape index (κ1) is 13.5. The summed E-state index contributed by atoms with van der Waals surface area (Å²) < 4.78 is 1.71. The molecule has 3 rings (SSSR count). The van der Waals surface area contributed by atoms with Crippen LogP contribution >= 0.6 is 0 Å². The van der Waals surface area contributed by atoms with Gasteiger partial charge in [-0.2, -0.15) is 5.10 Å². The Hall–Kier alpha value is -2.43. The van der Waals surface area contributed by atoms with Crippen LogP contribution in [0.5, 0.6) is 0 Å². The van der Waals surface area contributed by atoms with Crippen LogP contribution in [0.1, 0.15) is 26.3 Å². The Kier molecular flexibility index (Phi) is 2.93. The van der Waals surface area contributed by atoms with E-state index in [-0.39, 0.29) is 5.41 Å². The number of nitrogens with two attached hydrogens (primary N) is 1. The maximum Gasteiger partial charge on any atom is 0.163 e. The standard InChI is InChI=1S/C16H19N5/c1-16(2,3)11-7-5-10(6-8-11)14-19-13(17)12-9-18-21(4)15(12)20-14/h5-9H,1-4H3,(H2,17,19,20). The topological polar surface area (TPSA) is 69.6 Å². The number of nitrogens with zero attached hydrogens (tertiary/aromatic N) is 4. The molecular formula is C16H19N5. The lowest BCUT2D eigenvalue weighted by Gasteiger charge is -2.19. The lowest BCUT2D eigenvalue weighted by molar-refractivity contribution is 0.590. The second-order valence-electron chi connectivity index (χ2n) is 6.27. The van der Waals surface area contributed by atoms with E-state index in [1.165, 1.54) is 5.56 Å². The highest BCUT2D eigenvalue weighted by atomic mass is 15.3. The van der Waals surface area contributed by atoms with Crippen LogP contribution in [-0.2, 0) is 12.5 Å². The zero-order valence-electron chi connectivity index (χ0n) is 12.8. The second-order valence-corrected chi connectivity index (χ2v) is 6.27. The minimum Gasteiger partial charge on any atom is -0.383 e. The van der Waals surface area contributed by atoms with Gasteiger partial charge >= 0.3 is 0 Å². The number of hydrogen-bond donors (Lipinski definition) is 1. The van der Waals surface area contributed by atoms with E-state index < -0.39 is 0 Å². The van der Waals surface area contributed by atoms with Crippen molar-refractivity contribution in [3.63, 3.8) is 0 Å². The van der Waals surface area contributed by atoms with Gasteiger partial charge in [0.25, 0.3) is 0 Å². The molecule has 5 nitrogen and oxygen atoms in total. The Morgan fingerprint density at radius 3 is 2.33 bits per heavy atom. The molecule has 0 aliphatic carbocycles. The van der Waals surface area contributed by atoms with Crippen LogP contribution in [0.4, 0.5) is 5.82 Å². The maximum absolute atomic E-state index is 6.00. The molecule has 1 aromatic carbocycles. The molecule has 0 saturated carbocycles. The number of anilines is 1. The second kappa shape index (κ2) is 4.55. The molecule has 0 radical (unpaired) electrons. The molecule has 3 aromatic rings. The highest BCUT2D eigenvalue weighted by molar-refractivity contribution is 5.86. The quantitative estimate of drug-likeness (QED) is 0.744. The highest BCUT2D eigenvalue weighted by Gasteiger charge is 2.14. The van der Waals surface area contributed by atoms with E-state index in [1.807, 2.05) is 19.2 Å². The first-order valence-electron chi connectivity index (χ1n) is 6.92. The van der Waals surface area contributed by atoms with Gasteiger partial charge in [0.2, 0.25) is 0 Å². The molecule has 0 fully saturated rings. The molecular weight excluding hydrogens is 262 g/mol. The Labute approximate surface area is 123 Å². The van der Waals surface area contributed by atoms with E-state index in [1.54, 1.807) is 10.9 Å². The average molecular weight is 281 g/mol. The van der Waals surface area contributed by atoms with Crippen molar-refractivity contribution >= 4 is 16.9 Å². The largest absolute Gasteiger partial charge is 0.383 e. The van der Waals surface area contributed by atoms with Gasteiger partial charge in [0, 0.05) is 12.6 Å². The summed E-state index contributed by atoms with van der Waals surface area (Å²) in [6.45, 7) is 6.58. The van der Waals surface area contributed by atoms with Gasteiger partial charge in [-0.15, -0.1) is 0 Å². The van der Waals surface area contributed by atoms with Gasteiger partial charge in [-0.05, 0) is 11.0 Å². The summed E-state index contributed by atoms with van der Waals surface area (Å²) in [6.07, 6.45) is 1.69. The third-order valence-electron chi connectivity index (χ3n) is 3.63. The molecule has 0 spiro atoms. The van der Waals surface area contributed by atoms with Crippen LogP contribution < -0.4 is 5.73 Å². The van der Waals surface area contributed by atoms with Crippen molar-refractivity contribution in [1.29, 1.82) is 0 Å². The van der Waals surface area contributed by atoms with Gasteiger partial charge in [-0.3, -0.25) is 4.68 Å². The van der Waals surface area contributed by atoms with Gasteiger partial charge in [0.05, 0.1) is 11.6 Å². The number of hydrogen-bond acceptors (Lipinski definition) is 4. The zero-order chi connectivity index (χ0) is 15.2. The molecule has 0 saturated heterocycles. The summed E-state index contributed by atoms with van der Waals surface area (Å²) in [7, 11) is 1.85. The first-order chi connectivity index (χ1) is 9.86. The summed E-state index contributed by atoms with van der Waals surface area (Å²) in [6, 6.07) is 8.31. The zero-order valence-corrected chi connectivity index (χ0v) is 12.8. The number of fused-ring (bicyclic) bond motifs is 1. The van der Waals surface area contributed by atoms with Gasteiger partial charge in [0.15, 0.2) is 11.5 Å². The van der Waals surface area contributed by atoms with Crippen molar-refractivity contribution in [2.75, 3.05) is 5.73 Å². The Bertz CT molecular complexity index is 794. The third-order valence-corrected chi connectivity index (χ3v) is 3.63. The summed E-state index contributed by atoms with van der Waals surface area (Å²) >= 11 is 0. The predicted octanol–water partition coefficient (Wildman–Crippen LogP) is 2.91. The highest BCUT2D eigenvalue weighted by Crippen LogP contribution is 2.26. The summed E-state index contributed by atoms with van der Waals surface area (Å²) in [5.41, 5.74) is 9.11. The van der Waals surface area contributed by atoms with Crippen molar-refractivity contribution in [1.82, 2.24) is 19.7 Å². The summed E-state index contributed by atoms with van der Waals surface area (Å²) in [5, 5.41) is 4.96. The molecule has 108 valence electrons. The summed E-state index contributed by atoms with van der Waals surface area (Å²) in [4.78, 5) is 8.96. The van der Waals surface area contributed by atoms with Crippen LogP contribution in [0.3, 0.4) is 0 Å². The Balaban J connectivity index is 2.10. The normalized spacial score (nSPS) is 12.0. The van der Waals surface area contributed by atoms with E-state index in [0.717, 1.165) is 16.6 Å².